The van der Waals surface area contributed by atoms with Crippen LogP contribution in [-0.2, 0) is 20.9 Å². The van der Waals surface area contributed by atoms with E-state index in [1.165, 1.54) is 7.11 Å². The first-order valence-electron chi connectivity index (χ1n) is 5.70. The number of carbonyl (C=O) groups is 3. The van der Waals surface area contributed by atoms with Gasteiger partial charge >= 0.3 is 12.0 Å². The number of aromatic nitrogens is 4. The van der Waals surface area contributed by atoms with E-state index in [1.54, 1.807) is 0 Å². The van der Waals surface area contributed by atoms with Gasteiger partial charge in [0, 0.05) is 13.7 Å². The summed E-state index contributed by atoms with van der Waals surface area (Å²) in [5, 5.41) is 23.7. The summed E-state index contributed by atoms with van der Waals surface area (Å²) in [5.74, 6) is -1.79. The number of hydrogen-bond acceptors (Lipinski definition) is 8. The third kappa shape index (κ3) is 6.67. The first kappa shape index (κ1) is 16.8. The zero-order chi connectivity index (χ0) is 15.7. The molecular weight excluding hydrogens is 304 g/mol. The second-order valence-electron chi connectivity index (χ2n) is 3.60. The van der Waals surface area contributed by atoms with Crippen LogP contribution in [0.25, 0.3) is 0 Å². The van der Waals surface area contributed by atoms with Gasteiger partial charge in [-0.3, -0.25) is 14.9 Å². The van der Waals surface area contributed by atoms with E-state index in [2.05, 4.69) is 26.2 Å². The Kier molecular flexibility index (Phi) is 7.11. The molecule has 0 aromatic carbocycles. The average Bonchev–Trinajstić information content (AvgIpc) is 2.83. The molecule has 116 valence electrons. The molecule has 21 heavy (non-hydrogen) atoms. The predicted octanol–water partition coefficient (Wildman–Crippen LogP) is -1.68. The lowest BCUT2D eigenvalue weighted by Gasteiger charge is -2.05. The fourth-order valence-electron chi connectivity index (χ4n) is 1.13. The second-order valence-corrected chi connectivity index (χ2v) is 4.54. The fourth-order valence-corrected chi connectivity index (χ4v) is 1.81. The Morgan fingerprint density at radius 3 is 2.86 bits per heavy atom. The summed E-state index contributed by atoms with van der Waals surface area (Å²) in [4.78, 5) is 33.3. The minimum atomic E-state index is -1.11. The molecule has 1 aromatic rings. The number of amides is 3. The number of nitrogens with zero attached hydrogens (tertiary/aromatic N) is 4. The van der Waals surface area contributed by atoms with Crippen LogP contribution >= 0.6 is 11.8 Å². The summed E-state index contributed by atoms with van der Waals surface area (Å²) in [6.45, 7) is 0.203. The molecule has 0 fully saturated rings. The largest absolute Gasteiger partial charge is 0.480 e. The van der Waals surface area contributed by atoms with E-state index in [0.29, 0.717) is 6.61 Å². The van der Waals surface area contributed by atoms with Crippen molar-refractivity contribution in [2.75, 3.05) is 26.0 Å². The highest BCUT2D eigenvalue weighted by Crippen LogP contribution is 2.12. The topological polar surface area (TPSA) is 148 Å². The smallest absolute Gasteiger partial charge is 0.325 e. The molecule has 3 amide bonds. The predicted molar refractivity (Wildman–Crippen MR) is 69.6 cm³/mol. The zero-order valence-corrected chi connectivity index (χ0v) is 11.9. The summed E-state index contributed by atoms with van der Waals surface area (Å²) in [6.07, 6.45) is 0. The Balaban J connectivity index is 2.34. The van der Waals surface area contributed by atoms with Gasteiger partial charge in [0.25, 0.3) is 0 Å². The van der Waals surface area contributed by atoms with Crippen molar-refractivity contribution in [1.29, 1.82) is 0 Å². The number of urea groups is 1. The van der Waals surface area contributed by atoms with Crippen molar-refractivity contribution in [1.82, 2.24) is 30.8 Å². The Labute approximate surface area is 123 Å². The van der Waals surface area contributed by atoms with Gasteiger partial charge in [0.1, 0.15) is 6.54 Å². The Bertz CT molecular complexity index is 507. The van der Waals surface area contributed by atoms with E-state index in [-0.39, 0.29) is 17.5 Å². The molecule has 1 rings (SSSR count). The average molecular weight is 318 g/mol. The summed E-state index contributed by atoms with van der Waals surface area (Å²) in [5.41, 5.74) is 0. The molecule has 12 heteroatoms. The highest BCUT2D eigenvalue weighted by atomic mass is 32.2. The minimum Gasteiger partial charge on any atom is -0.480 e. The van der Waals surface area contributed by atoms with Crippen LogP contribution in [-0.4, -0.2) is 69.2 Å². The van der Waals surface area contributed by atoms with Gasteiger partial charge in [0.15, 0.2) is 0 Å². The molecule has 1 heterocycles. The first-order chi connectivity index (χ1) is 10.0. The lowest BCUT2D eigenvalue weighted by atomic mass is 10.6. The van der Waals surface area contributed by atoms with E-state index in [4.69, 9.17) is 9.84 Å². The third-order valence-corrected chi connectivity index (χ3v) is 2.92. The van der Waals surface area contributed by atoms with Crippen molar-refractivity contribution in [3.8, 4) is 0 Å². The maximum Gasteiger partial charge on any atom is 0.325 e. The molecule has 0 spiro atoms. The van der Waals surface area contributed by atoms with Crippen molar-refractivity contribution in [2.45, 2.75) is 11.7 Å². The Hall–Kier alpha value is -2.21. The zero-order valence-electron chi connectivity index (χ0n) is 11.1. The number of imide groups is 1. The van der Waals surface area contributed by atoms with E-state index in [1.807, 2.05) is 0 Å². The number of methoxy groups -OCH3 is 1. The van der Waals surface area contributed by atoms with Crippen LogP contribution < -0.4 is 10.6 Å². The first-order valence-corrected chi connectivity index (χ1v) is 6.69. The monoisotopic (exact) mass is 318 g/mol. The lowest BCUT2D eigenvalue weighted by Crippen LogP contribution is -2.41. The van der Waals surface area contributed by atoms with Crippen molar-refractivity contribution < 1.29 is 24.2 Å². The lowest BCUT2D eigenvalue weighted by molar-refractivity contribution is -0.138. The molecule has 3 N–H and O–H groups in total. The van der Waals surface area contributed by atoms with E-state index < -0.39 is 24.5 Å². The Morgan fingerprint density at radius 2 is 2.19 bits per heavy atom. The number of carboxylic acid groups (broad SMARTS) is 1. The van der Waals surface area contributed by atoms with Crippen molar-refractivity contribution in [3.05, 3.63) is 0 Å². The van der Waals surface area contributed by atoms with Crippen LogP contribution in [0.4, 0.5) is 4.79 Å². The van der Waals surface area contributed by atoms with Crippen LogP contribution in [0.15, 0.2) is 5.16 Å². The van der Waals surface area contributed by atoms with Crippen LogP contribution in [0.5, 0.6) is 0 Å². The van der Waals surface area contributed by atoms with Gasteiger partial charge in [-0.15, -0.1) is 5.10 Å². The van der Waals surface area contributed by atoms with Gasteiger partial charge in [0.2, 0.25) is 11.1 Å². The van der Waals surface area contributed by atoms with Gasteiger partial charge in [-0.1, -0.05) is 11.8 Å². The number of nitrogens with one attached hydrogen (secondary N) is 2. The van der Waals surface area contributed by atoms with Gasteiger partial charge < -0.3 is 15.2 Å². The number of thioether (sulfide) groups is 1. The SMILES string of the molecule is COCCNC(=O)NC(=O)CSc1nnnn1CC(=O)O. The van der Waals surface area contributed by atoms with Crippen LogP contribution in [0.1, 0.15) is 0 Å². The highest BCUT2D eigenvalue weighted by Gasteiger charge is 2.13. The minimum absolute atomic E-state index is 0.127. The van der Waals surface area contributed by atoms with E-state index in [9.17, 15) is 14.4 Å². The van der Waals surface area contributed by atoms with Crippen LogP contribution in [0.3, 0.4) is 0 Å². The molecule has 1 aromatic heterocycles. The molecule has 0 atom stereocenters. The van der Waals surface area contributed by atoms with E-state index in [0.717, 1.165) is 16.4 Å². The normalized spacial score (nSPS) is 10.1. The highest BCUT2D eigenvalue weighted by molar-refractivity contribution is 7.99. The van der Waals surface area contributed by atoms with E-state index >= 15 is 0 Å². The summed E-state index contributed by atoms with van der Waals surface area (Å²) >= 11 is 0.921. The number of tetrazole rings is 1. The maximum absolute atomic E-state index is 11.5. The molecule has 0 radical (unpaired) electrons. The number of rotatable bonds is 8. The van der Waals surface area contributed by atoms with Gasteiger partial charge in [-0.2, -0.15) is 0 Å². The third-order valence-electron chi connectivity index (χ3n) is 1.96. The molecular formula is C9H14N6O5S. The molecule has 0 aliphatic heterocycles. The number of carboxylic acids is 1. The van der Waals surface area contributed by atoms with Crippen LogP contribution in [0.2, 0.25) is 0 Å². The van der Waals surface area contributed by atoms with Crippen molar-refractivity contribution in [3.63, 3.8) is 0 Å². The molecule has 0 aliphatic rings. The molecule has 0 aliphatic carbocycles. The number of carbonyl (C=O) groups excluding carboxylic acids is 2. The van der Waals surface area contributed by atoms with Crippen molar-refractivity contribution in [2.24, 2.45) is 0 Å². The number of hydrogen-bond donors (Lipinski definition) is 3. The standard InChI is InChI=1S/C9H14N6O5S/c1-20-3-2-10-8(19)11-6(16)5-21-9-12-13-14-15(9)4-7(17)18/h2-5H2,1H3,(H,17,18)(H2,10,11,16,19). The molecule has 0 unspecified atom stereocenters. The number of ether oxygens (including phenoxy) is 1. The van der Waals surface area contributed by atoms with Gasteiger partial charge in [0.05, 0.1) is 12.4 Å². The summed E-state index contributed by atoms with van der Waals surface area (Å²) < 4.78 is 5.77. The van der Waals surface area contributed by atoms with Crippen molar-refractivity contribution >= 4 is 29.7 Å². The summed E-state index contributed by atoms with van der Waals surface area (Å²) in [6, 6.07) is -0.636. The summed E-state index contributed by atoms with van der Waals surface area (Å²) in [7, 11) is 1.49. The maximum atomic E-state index is 11.5. The van der Waals surface area contributed by atoms with Crippen LogP contribution in [0, 0.1) is 0 Å². The molecule has 0 bridgehead atoms. The molecule has 0 saturated heterocycles. The fraction of sp³-hybridized carbons (Fsp3) is 0.556. The van der Waals surface area contributed by atoms with Gasteiger partial charge in [-0.05, 0) is 10.4 Å². The number of aliphatic carboxylic acids is 1. The quantitative estimate of drug-likeness (QED) is 0.377. The van der Waals surface area contributed by atoms with Gasteiger partial charge in [-0.25, -0.2) is 9.48 Å². The Morgan fingerprint density at radius 1 is 1.43 bits per heavy atom. The molecule has 0 saturated carbocycles. The second kappa shape index (κ2) is 8.86. The molecule has 11 nitrogen and oxygen atoms in total.